The van der Waals surface area contributed by atoms with E-state index in [1.807, 2.05) is 0 Å². The number of anilines is 1. The molecule has 0 atom stereocenters. The summed E-state index contributed by atoms with van der Waals surface area (Å²) in [5, 5.41) is 2.16. The van der Waals surface area contributed by atoms with E-state index < -0.39 is 0 Å². The zero-order chi connectivity index (χ0) is 8.39. The molecule has 1 N–H and O–H groups in total. The number of benzene rings is 1. The Bertz CT molecular complexity index is 264. The van der Waals surface area contributed by atoms with E-state index in [4.69, 9.17) is 0 Å². The molecule has 0 saturated carbocycles. The van der Waals surface area contributed by atoms with Crippen molar-refractivity contribution >= 4 is 5.69 Å². The molecule has 1 aliphatic heterocycles. The standard InChI is InChI=1S/C10H13N2/c1-9-4-2-5-10(8-9)12-7-3-6-11-12/h2,4-5,11H,3,6-7H2,1H3. The van der Waals surface area contributed by atoms with Crippen molar-refractivity contribution < 1.29 is 0 Å². The van der Waals surface area contributed by atoms with Crippen LogP contribution in [0.1, 0.15) is 12.0 Å². The minimum absolute atomic E-state index is 1.09. The van der Waals surface area contributed by atoms with Gasteiger partial charge in [-0.1, -0.05) is 12.1 Å². The average Bonchev–Trinajstić information content (AvgIpc) is 2.56. The van der Waals surface area contributed by atoms with E-state index in [9.17, 15) is 0 Å². The molecule has 12 heavy (non-hydrogen) atoms. The fraction of sp³-hybridized carbons (Fsp3) is 0.400. The maximum Gasteiger partial charge on any atom is 0.0601 e. The summed E-state index contributed by atoms with van der Waals surface area (Å²) in [6.45, 7) is 4.25. The van der Waals surface area contributed by atoms with E-state index in [1.165, 1.54) is 12.0 Å². The molecule has 1 heterocycles. The fourth-order valence-corrected chi connectivity index (χ4v) is 1.46. The number of hydrazine groups is 1. The van der Waals surface area contributed by atoms with Crippen molar-refractivity contribution in [3.8, 4) is 0 Å². The maximum absolute atomic E-state index is 3.31. The molecule has 2 heteroatoms. The molecule has 0 aromatic heterocycles. The molecular formula is C10H13N2. The van der Waals surface area contributed by atoms with Crippen LogP contribution >= 0.6 is 0 Å². The molecule has 0 aliphatic carbocycles. The summed E-state index contributed by atoms with van der Waals surface area (Å²) in [6.07, 6.45) is 1.22. The third-order valence-corrected chi connectivity index (χ3v) is 2.08. The minimum atomic E-state index is 1.09. The highest BCUT2D eigenvalue weighted by Gasteiger charge is 2.10. The SMILES string of the molecule is Cc1[c]c(N2CCCN2)ccc1. The molecule has 0 bridgehead atoms. The Balaban J connectivity index is 2.21. The number of aryl methyl sites for hydroxylation is 1. The lowest BCUT2D eigenvalue weighted by molar-refractivity contribution is 0.786. The van der Waals surface area contributed by atoms with E-state index in [-0.39, 0.29) is 0 Å². The summed E-state index contributed by atoms with van der Waals surface area (Å²) in [5.74, 6) is 0. The largest absolute Gasteiger partial charge is 0.308 e. The van der Waals surface area contributed by atoms with E-state index in [0.29, 0.717) is 0 Å². The first kappa shape index (κ1) is 7.62. The monoisotopic (exact) mass is 161 g/mol. The van der Waals surface area contributed by atoms with Crippen LogP contribution in [0.3, 0.4) is 0 Å². The van der Waals surface area contributed by atoms with Gasteiger partial charge in [0.05, 0.1) is 5.69 Å². The van der Waals surface area contributed by atoms with Gasteiger partial charge in [-0.2, -0.15) is 0 Å². The van der Waals surface area contributed by atoms with Crippen molar-refractivity contribution in [1.82, 2.24) is 5.43 Å². The fourth-order valence-electron chi connectivity index (χ4n) is 1.46. The first-order chi connectivity index (χ1) is 5.86. The Hall–Kier alpha value is -1.02. The van der Waals surface area contributed by atoms with Crippen molar-refractivity contribution in [2.24, 2.45) is 0 Å². The van der Waals surface area contributed by atoms with Crippen LogP contribution in [0.5, 0.6) is 0 Å². The molecule has 0 unspecified atom stereocenters. The van der Waals surface area contributed by atoms with Crippen LogP contribution < -0.4 is 10.4 Å². The number of nitrogens with one attached hydrogen (secondary N) is 1. The Morgan fingerprint density at radius 1 is 1.50 bits per heavy atom. The molecule has 2 nitrogen and oxygen atoms in total. The van der Waals surface area contributed by atoms with Gasteiger partial charge < -0.3 is 5.01 Å². The highest BCUT2D eigenvalue weighted by Crippen LogP contribution is 2.15. The van der Waals surface area contributed by atoms with Gasteiger partial charge in [-0.05, 0) is 25.0 Å². The van der Waals surface area contributed by atoms with E-state index >= 15 is 0 Å². The lowest BCUT2D eigenvalue weighted by Crippen LogP contribution is -2.30. The molecule has 1 aliphatic rings. The molecule has 1 aromatic rings. The predicted octanol–water partition coefficient (Wildman–Crippen LogP) is 1.51. The summed E-state index contributed by atoms with van der Waals surface area (Å²) >= 11 is 0. The van der Waals surface area contributed by atoms with Gasteiger partial charge >= 0.3 is 0 Å². The van der Waals surface area contributed by atoms with Crippen LogP contribution in [0.25, 0.3) is 0 Å². The van der Waals surface area contributed by atoms with Gasteiger partial charge in [0.2, 0.25) is 0 Å². The summed E-state index contributed by atoms with van der Waals surface area (Å²) in [7, 11) is 0. The van der Waals surface area contributed by atoms with Crippen LogP contribution in [-0.4, -0.2) is 13.1 Å². The van der Waals surface area contributed by atoms with Gasteiger partial charge in [0.25, 0.3) is 0 Å². The predicted molar refractivity (Wildman–Crippen MR) is 50.0 cm³/mol. The van der Waals surface area contributed by atoms with Gasteiger partial charge in [0.1, 0.15) is 0 Å². The molecular weight excluding hydrogens is 148 g/mol. The Morgan fingerprint density at radius 2 is 2.42 bits per heavy atom. The topological polar surface area (TPSA) is 15.3 Å². The Morgan fingerprint density at radius 3 is 3.08 bits per heavy atom. The zero-order valence-electron chi connectivity index (χ0n) is 7.30. The third kappa shape index (κ3) is 1.43. The van der Waals surface area contributed by atoms with Gasteiger partial charge in [-0.25, -0.2) is 5.43 Å². The lowest BCUT2D eigenvalue weighted by atomic mass is 10.2. The quantitative estimate of drug-likeness (QED) is 0.671. The van der Waals surface area contributed by atoms with Gasteiger partial charge in [0.15, 0.2) is 0 Å². The lowest BCUT2D eigenvalue weighted by Gasteiger charge is -2.17. The van der Waals surface area contributed by atoms with Gasteiger partial charge in [-0.3, -0.25) is 0 Å². The molecule has 1 fully saturated rings. The summed E-state index contributed by atoms with van der Waals surface area (Å²) in [6, 6.07) is 9.54. The van der Waals surface area contributed by atoms with Crippen molar-refractivity contribution in [2.75, 3.05) is 18.1 Å². The van der Waals surface area contributed by atoms with Crippen LogP contribution in [0.2, 0.25) is 0 Å². The summed E-state index contributed by atoms with van der Waals surface area (Å²) in [5.41, 5.74) is 5.66. The average molecular weight is 161 g/mol. The normalized spacial score (nSPS) is 16.9. The molecule has 0 amide bonds. The van der Waals surface area contributed by atoms with Crippen LogP contribution in [0.4, 0.5) is 5.69 Å². The smallest absolute Gasteiger partial charge is 0.0601 e. The molecule has 63 valence electrons. The zero-order valence-corrected chi connectivity index (χ0v) is 7.30. The number of rotatable bonds is 1. The summed E-state index contributed by atoms with van der Waals surface area (Å²) < 4.78 is 0. The van der Waals surface area contributed by atoms with Crippen molar-refractivity contribution in [2.45, 2.75) is 13.3 Å². The second-order valence-electron chi connectivity index (χ2n) is 3.13. The highest BCUT2D eigenvalue weighted by molar-refractivity contribution is 5.46. The van der Waals surface area contributed by atoms with E-state index in [1.54, 1.807) is 0 Å². The molecule has 1 aromatic carbocycles. The first-order valence-electron chi connectivity index (χ1n) is 4.36. The highest BCUT2D eigenvalue weighted by atomic mass is 15.5. The second kappa shape index (κ2) is 3.15. The summed E-state index contributed by atoms with van der Waals surface area (Å²) in [4.78, 5) is 0. The number of hydrogen-bond acceptors (Lipinski definition) is 2. The van der Waals surface area contributed by atoms with E-state index in [2.05, 4.69) is 41.6 Å². The molecule has 1 saturated heterocycles. The number of hydrogen-bond donors (Lipinski definition) is 1. The number of nitrogens with zero attached hydrogens (tertiary/aromatic N) is 1. The van der Waals surface area contributed by atoms with Crippen LogP contribution in [0, 0.1) is 13.0 Å². The van der Waals surface area contributed by atoms with Crippen LogP contribution in [-0.2, 0) is 0 Å². The minimum Gasteiger partial charge on any atom is -0.308 e. The molecule has 0 spiro atoms. The maximum atomic E-state index is 3.31. The Kier molecular flexibility index (Phi) is 2.00. The second-order valence-corrected chi connectivity index (χ2v) is 3.13. The Labute approximate surface area is 73.2 Å². The van der Waals surface area contributed by atoms with Crippen molar-refractivity contribution in [3.63, 3.8) is 0 Å². The van der Waals surface area contributed by atoms with Gasteiger partial charge in [-0.15, -0.1) is 0 Å². The van der Waals surface area contributed by atoms with Gasteiger partial charge in [0, 0.05) is 19.2 Å². The van der Waals surface area contributed by atoms with Crippen molar-refractivity contribution in [1.29, 1.82) is 0 Å². The van der Waals surface area contributed by atoms with E-state index in [0.717, 1.165) is 18.8 Å². The van der Waals surface area contributed by atoms with Crippen molar-refractivity contribution in [3.05, 3.63) is 29.8 Å². The third-order valence-electron chi connectivity index (χ3n) is 2.08. The molecule has 1 radical (unpaired) electrons. The molecule has 2 rings (SSSR count). The van der Waals surface area contributed by atoms with Crippen LogP contribution in [0.15, 0.2) is 18.2 Å². The first-order valence-corrected chi connectivity index (χ1v) is 4.36.